The number of hydrogen-bond donors (Lipinski definition) is 0. The molecule has 0 amide bonds. The Hall–Kier alpha value is -5.19. The predicted octanol–water partition coefficient (Wildman–Crippen LogP) is 8.10. The van der Waals surface area contributed by atoms with Gasteiger partial charge in [0.1, 0.15) is 18.2 Å². The maximum Gasteiger partial charge on any atom is 0.216 e. The second-order valence-electron chi connectivity index (χ2n) is 11.2. The van der Waals surface area contributed by atoms with Gasteiger partial charge in [-0.1, -0.05) is 44.2 Å². The highest BCUT2D eigenvalue weighted by Crippen LogP contribution is 2.51. The van der Waals surface area contributed by atoms with E-state index in [-0.39, 0.29) is 5.41 Å². The fourth-order valence-electron chi connectivity index (χ4n) is 6.46. The van der Waals surface area contributed by atoms with Crippen LogP contribution in [-0.2, 0) is 12.5 Å². The van der Waals surface area contributed by atoms with E-state index in [1.165, 1.54) is 11.1 Å². The molecule has 1 aliphatic carbocycles. The highest BCUT2D eigenvalue weighted by Gasteiger charge is 2.36. The normalized spacial score (nSPS) is 13.2. The Morgan fingerprint density at radius 3 is 2.27 bits per heavy atom. The van der Waals surface area contributed by atoms with E-state index >= 15 is 0 Å². The summed E-state index contributed by atoms with van der Waals surface area (Å²) in [6, 6.07) is 31.4. The lowest BCUT2D eigenvalue weighted by Crippen LogP contribution is -2.30. The van der Waals surface area contributed by atoms with Gasteiger partial charge in [0, 0.05) is 33.9 Å². The average molecular weight is 517 g/mol. The van der Waals surface area contributed by atoms with Gasteiger partial charge in [0.2, 0.25) is 5.69 Å². The molecule has 0 fully saturated rings. The van der Waals surface area contributed by atoms with Crippen molar-refractivity contribution in [2.24, 2.45) is 7.05 Å². The van der Waals surface area contributed by atoms with E-state index in [1.54, 1.807) is 0 Å². The van der Waals surface area contributed by atoms with Crippen molar-refractivity contribution in [3.05, 3.63) is 113 Å². The number of nitrogens with zero attached hydrogens (tertiary/aromatic N) is 3. The monoisotopic (exact) mass is 516 g/mol. The average Bonchev–Trinajstić information content (AvgIpc) is 3.44. The standard InChI is InChI=1S/C36H26N3O/c1-21-8-12-26-27-14-11-24(20-38)33(35(27)40-34(26)32(21)31-7-5-6-16-39(31)4)23-10-13-25-28-17-22(19-37)9-15-29(28)36(2,3)30(25)18-23/h5-18H,1-4H3/q+1. The molecule has 0 bridgehead atoms. The molecule has 4 heteroatoms. The first-order valence-electron chi connectivity index (χ1n) is 13.4. The fourth-order valence-corrected chi connectivity index (χ4v) is 6.46. The molecule has 0 aliphatic heterocycles. The summed E-state index contributed by atoms with van der Waals surface area (Å²) in [5, 5.41) is 21.7. The smallest absolute Gasteiger partial charge is 0.216 e. The van der Waals surface area contributed by atoms with Crippen molar-refractivity contribution in [2.45, 2.75) is 26.2 Å². The number of aryl methyl sites for hydroxylation is 2. The molecule has 0 saturated heterocycles. The Morgan fingerprint density at radius 1 is 0.750 bits per heavy atom. The summed E-state index contributed by atoms with van der Waals surface area (Å²) < 4.78 is 8.87. The van der Waals surface area contributed by atoms with E-state index < -0.39 is 0 Å². The summed E-state index contributed by atoms with van der Waals surface area (Å²) in [5.74, 6) is 0. The van der Waals surface area contributed by atoms with Gasteiger partial charge >= 0.3 is 0 Å². The Bertz CT molecular complexity index is 2130. The second kappa shape index (κ2) is 8.40. The summed E-state index contributed by atoms with van der Waals surface area (Å²) in [7, 11) is 2.04. The van der Waals surface area contributed by atoms with Crippen LogP contribution in [0.1, 0.15) is 41.7 Å². The largest absolute Gasteiger partial charge is 0.454 e. The number of benzene rings is 4. The van der Waals surface area contributed by atoms with E-state index in [1.807, 2.05) is 49.6 Å². The topological polar surface area (TPSA) is 64.6 Å². The molecule has 0 saturated carbocycles. The molecule has 7 rings (SSSR count). The Morgan fingerprint density at radius 2 is 1.52 bits per heavy atom. The quantitative estimate of drug-likeness (QED) is 0.218. The summed E-state index contributed by atoms with van der Waals surface area (Å²) >= 11 is 0. The fraction of sp³-hybridized carbons (Fsp3) is 0.139. The number of hydrogen-bond acceptors (Lipinski definition) is 3. The van der Waals surface area contributed by atoms with Crippen LogP contribution in [0.5, 0.6) is 0 Å². The molecule has 0 atom stereocenters. The van der Waals surface area contributed by atoms with Crippen LogP contribution >= 0.6 is 0 Å². The third-order valence-electron chi connectivity index (χ3n) is 8.54. The number of rotatable bonds is 2. The lowest BCUT2D eigenvalue weighted by atomic mass is 9.81. The minimum atomic E-state index is -0.240. The molecular weight excluding hydrogens is 490 g/mol. The molecule has 2 aromatic heterocycles. The summed E-state index contributed by atoms with van der Waals surface area (Å²) in [6.07, 6.45) is 2.04. The van der Waals surface area contributed by atoms with E-state index in [2.05, 4.69) is 79.9 Å². The molecule has 0 N–H and O–H groups in total. The molecule has 1 aliphatic rings. The molecule has 40 heavy (non-hydrogen) atoms. The molecule has 0 spiro atoms. The van der Waals surface area contributed by atoms with Gasteiger partial charge in [0.15, 0.2) is 6.20 Å². The van der Waals surface area contributed by atoms with Crippen LogP contribution in [0.2, 0.25) is 0 Å². The zero-order chi connectivity index (χ0) is 27.8. The van der Waals surface area contributed by atoms with E-state index in [0.29, 0.717) is 11.1 Å². The number of nitriles is 2. The van der Waals surface area contributed by atoms with Crippen LogP contribution in [0.3, 0.4) is 0 Å². The van der Waals surface area contributed by atoms with Crippen LogP contribution in [-0.4, -0.2) is 0 Å². The minimum Gasteiger partial charge on any atom is -0.454 e. The first-order chi connectivity index (χ1) is 19.3. The number of pyridine rings is 1. The molecular formula is C36H26N3O+. The maximum atomic E-state index is 10.2. The summed E-state index contributed by atoms with van der Waals surface area (Å²) in [4.78, 5) is 0. The predicted molar refractivity (Wildman–Crippen MR) is 157 cm³/mol. The second-order valence-corrected chi connectivity index (χ2v) is 11.2. The molecule has 2 heterocycles. The summed E-state index contributed by atoms with van der Waals surface area (Å²) in [5.41, 5.74) is 12.2. The van der Waals surface area contributed by atoms with Crippen LogP contribution in [0.15, 0.2) is 89.5 Å². The zero-order valence-electron chi connectivity index (χ0n) is 22.8. The minimum absolute atomic E-state index is 0.240. The summed E-state index contributed by atoms with van der Waals surface area (Å²) in [6.45, 7) is 6.54. The number of aromatic nitrogens is 1. The molecule has 4 nitrogen and oxygen atoms in total. The molecule has 6 aromatic rings. The van der Waals surface area contributed by atoms with Gasteiger partial charge in [0.25, 0.3) is 0 Å². The Kier molecular flexibility index (Phi) is 5.02. The third-order valence-corrected chi connectivity index (χ3v) is 8.54. The van der Waals surface area contributed by atoms with Gasteiger partial charge in [-0.05, 0) is 76.7 Å². The van der Waals surface area contributed by atoms with Crippen molar-refractivity contribution in [3.63, 3.8) is 0 Å². The van der Waals surface area contributed by atoms with Gasteiger partial charge < -0.3 is 4.42 Å². The van der Waals surface area contributed by atoms with Crippen LogP contribution in [0.25, 0.3) is 55.4 Å². The van der Waals surface area contributed by atoms with Gasteiger partial charge in [-0.25, -0.2) is 4.57 Å². The molecule has 190 valence electrons. The third kappa shape index (κ3) is 3.20. The van der Waals surface area contributed by atoms with E-state index in [9.17, 15) is 10.5 Å². The van der Waals surface area contributed by atoms with Crippen LogP contribution in [0.4, 0.5) is 0 Å². The number of furan rings is 1. The highest BCUT2D eigenvalue weighted by atomic mass is 16.3. The van der Waals surface area contributed by atoms with Crippen LogP contribution in [0, 0.1) is 29.6 Å². The Balaban J connectivity index is 1.51. The van der Waals surface area contributed by atoms with Gasteiger partial charge in [-0.3, -0.25) is 0 Å². The first kappa shape index (κ1) is 23.9. The van der Waals surface area contributed by atoms with Crippen LogP contribution < -0.4 is 4.57 Å². The van der Waals surface area contributed by atoms with Crippen molar-refractivity contribution < 1.29 is 8.98 Å². The van der Waals surface area contributed by atoms with Crippen molar-refractivity contribution in [1.29, 1.82) is 10.5 Å². The SMILES string of the molecule is Cc1ccc2c(oc3c(-c4ccc5c(c4)C(C)(C)c4ccc(C#N)cc4-5)c(C#N)ccc32)c1-c1cccc[n+]1C. The zero-order valence-corrected chi connectivity index (χ0v) is 22.8. The molecule has 4 aromatic carbocycles. The van der Waals surface area contributed by atoms with E-state index in [0.717, 1.165) is 61.0 Å². The molecule has 0 unspecified atom stereocenters. The van der Waals surface area contributed by atoms with Crippen molar-refractivity contribution in [3.8, 4) is 45.6 Å². The number of fused-ring (bicyclic) bond motifs is 6. The first-order valence-corrected chi connectivity index (χ1v) is 13.4. The Labute approximate surface area is 233 Å². The lowest BCUT2D eigenvalue weighted by Gasteiger charge is -2.22. The van der Waals surface area contributed by atoms with Crippen molar-refractivity contribution in [2.75, 3.05) is 0 Å². The lowest BCUT2D eigenvalue weighted by molar-refractivity contribution is -0.660. The van der Waals surface area contributed by atoms with Crippen molar-refractivity contribution >= 4 is 21.9 Å². The van der Waals surface area contributed by atoms with Crippen molar-refractivity contribution in [1.82, 2.24) is 0 Å². The van der Waals surface area contributed by atoms with Gasteiger partial charge in [0.05, 0.1) is 28.8 Å². The highest BCUT2D eigenvalue weighted by molar-refractivity contribution is 6.14. The maximum absolute atomic E-state index is 10.2. The van der Waals surface area contributed by atoms with E-state index in [4.69, 9.17) is 4.42 Å². The van der Waals surface area contributed by atoms with Gasteiger partial charge in [-0.15, -0.1) is 0 Å². The molecule has 0 radical (unpaired) electrons. The van der Waals surface area contributed by atoms with Gasteiger partial charge in [-0.2, -0.15) is 10.5 Å².